The fraction of sp³-hybridized carbons (Fsp3) is 0. The molecule has 3 aromatic rings. The lowest BCUT2D eigenvalue weighted by Gasteiger charge is -2.08. The van der Waals surface area contributed by atoms with E-state index < -0.39 is 11.6 Å². The number of benzene rings is 1. The number of aromatic nitrogens is 4. The van der Waals surface area contributed by atoms with Gasteiger partial charge in [-0.1, -0.05) is 16.8 Å². The Balaban J connectivity index is 2.29. The summed E-state index contributed by atoms with van der Waals surface area (Å²) in [4.78, 5) is 3.92. The highest BCUT2D eigenvalue weighted by atomic mass is 35.5. The summed E-state index contributed by atoms with van der Waals surface area (Å²) in [5.41, 5.74) is 0.462. The first-order chi connectivity index (χ1) is 10.6. The number of rotatable bonds is 2. The Labute approximate surface area is 128 Å². The van der Waals surface area contributed by atoms with Crippen LogP contribution in [0.4, 0.5) is 8.78 Å². The van der Waals surface area contributed by atoms with Crippen LogP contribution in [-0.2, 0) is 0 Å². The molecule has 0 amide bonds. The lowest BCUT2D eigenvalue weighted by Crippen LogP contribution is -2.03. The number of hydrogen-bond donors (Lipinski definition) is 0. The lowest BCUT2D eigenvalue weighted by molar-refractivity contribution is 0.572. The molecule has 0 spiro atoms. The normalized spacial score (nSPS) is 10.5. The molecule has 8 heteroatoms. The fourth-order valence-corrected chi connectivity index (χ4v) is 2.19. The molecule has 0 N–H and O–H groups in total. The van der Waals surface area contributed by atoms with E-state index in [1.165, 1.54) is 12.3 Å². The van der Waals surface area contributed by atoms with Gasteiger partial charge in [0.25, 0.3) is 0 Å². The van der Waals surface area contributed by atoms with Crippen molar-refractivity contribution in [2.75, 3.05) is 0 Å². The Hall–Kier alpha value is -2.85. The van der Waals surface area contributed by atoms with Crippen LogP contribution in [0.2, 0.25) is 5.15 Å². The van der Waals surface area contributed by atoms with Gasteiger partial charge in [-0.05, 0) is 24.3 Å². The maximum atomic E-state index is 14.0. The SMILES string of the molecule is N#Cc1nnn(-c2ccc(F)cc2F)c1-c1cccnc1Cl. The molecule has 0 atom stereocenters. The van der Waals surface area contributed by atoms with Gasteiger partial charge in [0.05, 0.1) is 0 Å². The Kier molecular flexibility index (Phi) is 3.53. The van der Waals surface area contributed by atoms with Crippen LogP contribution < -0.4 is 0 Å². The molecule has 0 fully saturated rings. The molecule has 0 aliphatic rings. The highest BCUT2D eigenvalue weighted by Crippen LogP contribution is 2.30. The third-order valence-corrected chi connectivity index (χ3v) is 3.23. The van der Waals surface area contributed by atoms with Crippen molar-refractivity contribution in [2.24, 2.45) is 0 Å². The fourth-order valence-electron chi connectivity index (χ4n) is 1.98. The van der Waals surface area contributed by atoms with Gasteiger partial charge in [-0.3, -0.25) is 0 Å². The first kappa shape index (κ1) is 14.1. The molecular formula is C14H6ClF2N5. The Morgan fingerprint density at radius 3 is 2.73 bits per heavy atom. The smallest absolute Gasteiger partial charge is 0.191 e. The number of nitriles is 1. The zero-order chi connectivity index (χ0) is 15.7. The summed E-state index contributed by atoms with van der Waals surface area (Å²) in [5.74, 6) is -1.56. The van der Waals surface area contributed by atoms with Crippen LogP contribution in [0.5, 0.6) is 0 Å². The summed E-state index contributed by atoms with van der Waals surface area (Å²) in [6, 6.07) is 8.09. The summed E-state index contributed by atoms with van der Waals surface area (Å²) in [7, 11) is 0. The van der Waals surface area contributed by atoms with Crippen molar-refractivity contribution in [3.05, 3.63) is 59.0 Å². The van der Waals surface area contributed by atoms with Gasteiger partial charge >= 0.3 is 0 Å². The van der Waals surface area contributed by atoms with Crippen LogP contribution in [0.15, 0.2) is 36.5 Å². The van der Waals surface area contributed by atoms with Crippen molar-refractivity contribution in [1.29, 1.82) is 5.26 Å². The van der Waals surface area contributed by atoms with Crippen molar-refractivity contribution < 1.29 is 8.78 Å². The van der Waals surface area contributed by atoms with E-state index in [9.17, 15) is 8.78 Å². The standard InChI is InChI=1S/C14H6ClF2N5/c15-14-9(2-1-5-19-14)13-11(7-18)20-21-22(13)12-4-3-8(16)6-10(12)17/h1-6H. The number of nitrogens with zero attached hydrogens (tertiary/aromatic N) is 5. The molecule has 0 bridgehead atoms. The monoisotopic (exact) mass is 317 g/mol. The van der Waals surface area contributed by atoms with Crippen molar-refractivity contribution in [2.45, 2.75) is 0 Å². The molecule has 0 saturated heterocycles. The molecule has 5 nitrogen and oxygen atoms in total. The largest absolute Gasteiger partial charge is 0.244 e. The molecule has 0 unspecified atom stereocenters. The Morgan fingerprint density at radius 2 is 2.05 bits per heavy atom. The van der Waals surface area contributed by atoms with E-state index in [-0.39, 0.29) is 22.2 Å². The Morgan fingerprint density at radius 1 is 1.23 bits per heavy atom. The molecule has 0 radical (unpaired) electrons. The zero-order valence-electron chi connectivity index (χ0n) is 10.8. The molecule has 0 aliphatic heterocycles. The van der Waals surface area contributed by atoms with Crippen molar-refractivity contribution in [3.8, 4) is 23.0 Å². The molecule has 1 aromatic carbocycles. The second kappa shape index (κ2) is 5.50. The molecule has 3 rings (SSSR count). The highest BCUT2D eigenvalue weighted by molar-refractivity contribution is 6.32. The summed E-state index contributed by atoms with van der Waals surface area (Å²) in [5, 5.41) is 16.7. The second-order valence-corrected chi connectivity index (χ2v) is 4.61. The van der Waals surface area contributed by atoms with Crippen LogP contribution in [0.25, 0.3) is 16.9 Å². The van der Waals surface area contributed by atoms with Crippen molar-refractivity contribution in [1.82, 2.24) is 20.0 Å². The van der Waals surface area contributed by atoms with Crippen LogP contribution in [0.3, 0.4) is 0 Å². The van der Waals surface area contributed by atoms with Gasteiger partial charge in [0.1, 0.15) is 28.4 Å². The maximum Gasteiger partial charge on any atom is 0.191 e. The predicted octanol–water partition coefficient (Wildman–Crippen LogP) is 3.13. The molecule has 0 saturated carbocycles. The van der Waals surface area contributed by atoms with Gasteiger partial charge in [-0.2, -0.15) is 5.26 Å². The number of hydrogen-bond acceptors (Lipinski definition) is 4. The molecule has 0 aliphatic carbocycles. The molecule has 2 heterocycles. The summed E-state index contributed by atoms with van der Waals surface area (Å²) >= 11 is 6.03. The third-order valence-electron chi connectivity index (χ3n) is 2.93. The summed E-state index contributed by atoms with van der Waals surface area (Å²) in [6.45, 7) is 0. The highest BCUT2D eigenvalue weighted by Gasteiger charge is 2.20. The number of halogens is 3. The van der Waals surface area contributed by atoms with Crippen LogP contribution in [0, 0.1) is 23.0 Å². The lowest BCUT2D eigenvalue weighted by atomic mass is 10.1. The van der Waals surface area contributed by atoms with Gasteiger partial charge in [-0.25, -0.2) is 18.4 Å². The average Bonchev–Trinajstić information content (AvgIpc) is 2.91. The summed E-state index contributed by atoms with van der Waals surface area (Å²) in [6.07, 6.45) is 1.48. The molecule has 2 aromatic heterocycles. The minimum Gasteiger partial charge on any atom is -0.244 e. The van der Waals surface area contributed by atoms with E-state index in [1.807, 2.05) is 6.07 Å². The minimum atomic E-state index is -0.837. The third kappa shape index (κ3) is 2.29. The van der Waals surface area contributed by atoms with Gasteiger partial charge < -0.3 is 0 Å². The number of pyridine rings is 1. The van der Waals surface area contributed by atoms with Gasteiger partial charge in [0, 0.05) is 17.8 Å². The van der Waals surface area contributed by atoms with Crippen LogP contribution in [-0.4, -0.2) is 20.0 Å². The summed E-state index contributed by atoms with van der Waals surface area (Å²) < 4.78 is 28.1. The first-order valence-corrected chi connectivity index (χ1v) is 6.41. The average molecular weight is 318 g/mol. The van der Waals surface area contributed by atoms with Gasteiger partial charge in [0.15, 0.2) is 11.5 Å². The quantitative estimate of drug-likeness (QED) is 0.681. The first-order valence-electron chi connectivity index (χ1n) is 6.04. The molecule has 108 valence electrons. The Bertz CT molecular complexity index is 900. The van der Waals surface area contributed by atoms with E-state index in [1.54, 1.807) is 12.1 Å². The predicted molar refractivity (Wildman–Crippen MR) is 74.2 cm³/mol. The second-order valence-electron chi connectivity index (χ2n) is 4.25. The van der Waals surface area contributed by atoms with E-state index >= 15 is 0 Å². The van der Waals surface area contributed by atoms with Crippen molar-refractivity contribution >= 4 is 11.6 Å². The van der Waals surface area contributed by atoms with E-state index in [0.29, 0.717) is 5.56 Å². The van der Waals surface area contributed by atoms with Gasteiger partial charge in [-0.15, -0.1) is 5.10 Å². The molecular weight excluding hydrogens is 312 g/mol. The van der Waals surface area contributed by atoms with E-state index in [0.717, 1.165) is 16.8 Å². The minimum absolute atomic E-state index is 0.0429. The van der Waals surface area contributed by atoms with Crippen LogP contribution in [0.1, 0.15) is 5.69 Å². The topological polar surface area (TPSA) is 67.4 Å². The van der Waals surface area contributed by atoms with Crippen molar-refractivity contribution in [3.63, 3.8) is 0 Å². The van der Waals surface area contributed by atoms with Gasteiger partial charge in [0.2, 0.25) is 0 Å². The van der Waals surface area contributed by atoms with E-state index in [4.69, 9.17) is 16.9 Å². The maximum absolute atomic E-state index is 14.0. The van der Waals surface area contributed by atoms with E-state index in [2.05, 4.69) is 15.3 Å². The zero-order valence-corrected chi connectivity index (χ0v) is 11.6. The van der Waals surface area contributed by atoms with Crippen LogP contribution >= 0.6 is 11.6 Å². The molecule has 22 heavy (non-hydrogen) atoms.